The molecule has 0 unspecified atom stereocenters. The maximum Gasteiger partial charge on any atom is 0.260 e. The van der Waals surface area contributed by atoms with E-state index in [0.717, 1.165) is 10.0 Å². The second-order valence-corrected chi connectivity index (χ2v) is 6.50. The van der Waals surface area contributed by atoms with Gasteiger partial charge in [0.2, 0.25) is 5.91 Å². The summed E-state index contributed by atoms with van der Waals surface area (Å²) in [6.07, 6.45) is 0.224. The highest BCUT2D eigenvalue weighted by molar-refractivity contribution is 9.10. The predicted octanol–water partition coefficient (Wildman–Crippen LogP) is 1.99. The Morgan fingerprint density at radius 3 is 2.68 bits per heavy atom. The van der Waals surface area contributed by atoms with E-state index >= 15 is 0 Å². The first-order valence-electron chi connectivity index (χ1n) is 6.08. The van der Waals surface area contributed by atoms with E-state index in [4.69, 9.17) is 0 Å². The van der Waals surface area contributed by atoms with Crippen LogP contribution in [0.25, 0.3) is 0 Å². The zero-order chi connectivity index (χ0) is 14.2. The Kier molecular flexibility index (Phi) is 3.78. The molecule has 19 heavy (non-hydrogen) atoms. The molecule has 0 saturated heterocycles. The van der Waals surface area contributed by atoms with Gasteiger partial charge in [-0.05, 0) is 23.8 Å². The summed E-state index contributed by atoms with van der Waals surface area (Å²) < 4.78 is 0.857. The minimum atomic E-state index is -0.488. The van der Waals surface area contributed by atoms with Gasteiger partial charge in [0.05, 0.1) is 6.42 Å². The number of amides is 2. The maximum absolute atomic E-state index is 12.3. The van der Waals surface area contributed by atoms with Gasteiger partial charge < -0.3 is 5.11 Å². The summed E-state index contributed by atoms with van der Waals surface area (Å²) in [5.41, 5.74) is 0.831. The number of imide groups is 1. The molecule has 4 nitrogen and oxygen atoms in total. The molecular weight excluding hydrogens is 310 g/mol. The number of halogens is 1. The smallest absolute Gasteiger partial charge is 0.260 e. The predicted molar refractivity (Wildman–Crippen MR) is 74.8 cm³/mol. The molecule has 102 valence electrons. The van der Waals surface area contributed by atoms with Crippen molar-refractivity contribution in [3.05, 3.63) is 33.8 Å². The van der Waals surface area contributed by atoms with Gasteiger partial charge in [-0.1, -0.05) is 29.8 Å². The number of aliphatic hydroxyl groups is 1. The van der Waals surface area contributed by atoms with Crippen LogP contribution in [0, 0.1) is 5.41 Å². The first-order valence-corrected chi connectivity index (χ1v) is 6.87. The maximum atomic E-state index is 12.3. The van der Waals surface area contributed by atoms with Crippen LogP contribution in [-0.4, -0.2) is 35.0 Å². The molecule has 0 aliphatic carbocycles. The molecule has 2 rings (SSSR count). The van der Waals surface area contributed by atoms with Crippen LogP contribution in [0.3, 0.4) is 0 Å². The number of benzene rings is 1. The highest BCUT2D eigenvalue weighted by Crippen LogP contribution is 2.26. The van der Waals surface area contributed by atoms with E-state index in [1.807, 2.05) is 13.8 Å². The van der Waals surface area contributed by atoms with Gasteiger partial charge in [0.25, 0.3) is 5.91 Å². The number of carbonyl (C=O) groups excluding carboxylic acids is 2. The molecule has 1 aromatic rings. The van der Waals surface area contributed by atoms with Gasteiger partial charge in [-0.2, -0.15) is 0 Å². The lowest BCUT2D eigenvalue weighted by molar-refractivity contribution is -0.129. The third kappa shape index (κ3) is 2.87. The number of hydrogen-bond donors (Lipinski definition) is 1. The second-order valence-electron chi connectivity index (χ2n) is 5.59. The van der Waals surface area contributed by atoms with E-state index in [0.29, 0.717) is 5.56 Å². The van der Waals surface area contributed by atoms with E-state index < -0.39 is 5.41 Å². The Hall–Kier alpha value is -1.20. The molecule has 0 aromatic heterocycles. The van der Waals surface area contributed by atoms with Crippen LogP contribution in [0.2, 0.25) is 0 Å². The molecule has 1 aliphatic heterocycles. The van der Waals surface area contributed by atoms with Crippen LogP contribution in [0.5, 0.6) is 0 Å². The van der Waals surface area contributed by atoms with Crippen molar-refractivity contribution >= 4 is 27.7 Å². The van der Waals surface area contributed by atoms with Gasteiger partial charge in [0.1, 0.15) is 0 Å². The number of carbonyl (C=O) groups is 2. The molecule has 1 N–H and O–H groups in total. The van der Waals surface area contributed by atoms with Crippen molar-refractivity contribution < 1.29 is 14.7 Å². The average molecular weight is 326 g/mol. The molecule has 0 fully saturated rings. The van der Waals surface area contributed by atoms with E-state index in [2.05, 4.69) is 15.9 Å². The Morgan fingerprint density at radius 1 is 1.37 bits per heavy atom. The van der Waals surface area contributed by atoms with E-state index in [-0.39, 0.29) is 31.4 Å². The number of aliphatic hydroxyl groups excluding tert-OH is 1. The van der Waals surface area contributed by atoms with Crippen molar-refractivity contribution in [2.24, 2.45) is 5.41 Å². The van der Waals surface area contributed by atoms with Crippen LogP contribution in [0.1, 0.15) is 29.8 Å². The summed E-state index contributed by atoms with van der Waals surface area (Å²) in [6.45, 7) is 3.81. The van der Waals surface area contributed by atoms with E-state index in [9.17, 15) is 14.7 Å². The van der Waals surface area contributed by atoms with Crippen molar-refractivity contribution in [1.82, 2.24) is 4.90 Å². The molecule has 2 amide bonds. The van der Waals surface area contributed by atoms with Crippen LogP contribution in [-0.2, 0) is 11.2 Å². The van der Waals surface area contributed by atoms with Crippen molar-refractivity contribution in [1.29, 1.82) is 0 Å². The van der Waals surface area contributed by atoms with E-state index in [1.54, 1.807) is 18.2 Å². The van der Waals surface area contributed by atoms with Crippen molar-refractivity contribution in [2.45, 2.75) is 20.3 Å². The minimum absolute atomic E-state index is 0.0722. The van der Waals surface area contributed by atoms with Gasteiger partial charge in [0.15, 0.2) is 0 Å². The molecule has 0 saturated carbocycles. The van der Waals surface area contributed by atoms with Crippen LogP contribution < -0.4 is 0 Å². The van der Waals surface area contributed by atoms with Crippen LogP contribution in [0.4, 0.5) is 0 Å². The van der Waals surface area contributed by atoms with Crippen molar-refractivity contribution in [3.8, 4) is 0 Å². The normalized spacial score (nSPS) is 15.7. The standard InChI is InChI=1S/C14H16BrNO3/c1-14(2,8-17)7-16-12(18)6-9-5-10(15)3-4-11(9)13(16)19/h3-5,17H,6-8H2,1-2H3. The summed E-state index contributed by atoms with van der Waals surface area (Å²) in [5.74, 6) is -0.489. The fourth-order valence-electron chi connectivity index (χ4n) is 2.07. The zero-order valence-electron chi connectivity index (χ0n) is 10.9. The third-order valence-corrected chi connectivity index (χ3v) is 3.69. The minimum Gasteiger partial charge on any atom is -0.396 e. The van der Waals surface area contributed by atoms with Crippen molar-refractivity contribution in [2.75, 3.05) is 13.2 Å². The Labute approximate surface area is 120 Å². The molecule has 1 aromatic carbocycles. The lowest BCUT2D eigenvalue weighted by Gasteiger charge is -2.33. The molecule has 1 heterocycles. The number of hydrogen-bond acceptors (Lipinski definition) is 3. The molecule has 0 radical (unpaired) electrons. The highest BCUT2D eigenvalue weighted by atomic mass is 79.9. The Balaban J connectivity index is 2.33. The van der Waals surface area contributed by atoms with Crippen LogP contribution in [0.15, 0.2) is 22.7 Å². The van der Waals surface area contributed by atoms with Gasteiger partial charge in [-0.3, -0.25) is 14.5 Å². The SMILES string of the molecule is CC(C)(CO)CN1C(=O)Cc2cc(Br)ccc2C1=O. The molecule has 0 atom stereocenters. The van der Waals surface area contributed by atoms with Gasteiger partial charge in [-0.25, -0.2) is 0 Å². The molecule has 5 heteroatoms. The Morgan fingerprint density at radius 2 is 2.05 bits per heavy atom. The zero-order valence-corrected chi connectivity index (χ0v) is 12.5. The Bertz CT molecular complexity index is 539. The topological polar surface area (TPSA) is 57.6 Å². The average Bonchev–Trinajstić information content (AvgIpc) is 2.34. The fourth-order valence-corrected chi connectivity index (χ4v) is 2.48. The summed E-state index contributed by atoms with van der Waals surface area (Å²) in [6, 6.07) is 5.33. The third-order valence-electron chi connectivity index (χ3n) is 3.20. The first-order chi connectivity index (χ1) is 8.84. The summed E-state index contributed by atoms with van der Waals surface area (Å²) >= 11 is 3.34. The van der Waals surface area contributed by atoms with Crippen LogP contribution >= 0.6 is 15.9 Å². The fraction of sp³-hybridized carbons (Fsp3) is 0.429. The van der Waals surface area contributed by atoms with Gasteiger partial charge in [0, 0.05) is 28.6 Å². The number of fused-ring (bicyclic) bond motifs is 1. The monoisotopic (exact) mass is 325 g/mol. The second kappa shape index (κ2) is 5.06. The lowest BCUT2D eigenvalue weighted by atomic mass is 9.91. The van der Waals surface area contributed by atoms with E-state index in [1.165, 1.54) is 4.90 Å². The number of nitrogens with zero attached hydrogens (tertiary/aromatic N) is 1. The summed E-state index contributed by atoms with van der Waals surface area (Å²) in [5, 5.41) is 9.27. The molecule has 0 bridgehead atoms. The molecule has 0 spiro atoms. The highest BCUT2D eigenvalue weighted by Gasteiger charge is 2.34. The quantitative estimate of drug-likeness (QED) is 0.865. The number of rotatable bonds is 3. The first kappa shape index (κ1) is 14.2. The van der Waals surface area contributed by atoms with Gasteiger partial charge >= 0.3 is 0 Å². The van der Waals surface area contributed by atoms with Gasteiger partial charge in [-0.15, -0.1) is 0 Å². The lowest BCUT2D eigenvalue weighted by Crippen LogP contribution is -2.47. The van der Waals surface area contributed by atoms with Crippen molar-refractivity contribution in [3.63, 3.8) is 0 Å². The molecular formula is C14H16BrNO3. The summed E-state index contributed by atoms with van der Waals surface area (Å²) in [4.78, 5) is 25.7. The molecule has 1 aliphatic rings. The largest absolute Gasteiger partial charge is 0.396 e. The summed E-state index contributed by atoms with van der Waals surface area (Å²) in [7, 11) is 0.